The topological polar surface area (TPSA) is 333 Å². The summed E-state index contributed by atoms with van der Waals surface area (Å²) in [5.74, 6) is -1.98. The van der Waals surface area contributed by atoms with E-state index >= 15 is 4.39 Å². The maximum absolute atomic E-state index is 15.6. The lowest BCUT2D eigenvalue weighted by molar-refractivity contribution is 0.0512. The van der Waals surface area contributed by atoms with Crippen molar-refractivity contribution in [3.63, 3.8) is 0 Å². The lowest BCUT2D eigenvalue weighted by Crippen LogP contribution is -2.49. The number of amides is 4. The van der Waals surface area contributed by atoms with Gasteiger partial charge in [0.25, 0.3) is 11.8 Å². The number of nitrogens with two attached hydrogens (primary N) is 2. The van der Waals surface area contributed by atoms with Gasteiger partial charge in [0, 0.05) is 44.4 Å². The zero-order valence-electron chi connectivity index (χ0n) is 65.2. The summed E-state index contributed by atoms with van der Waals surface area (Å²) in [4.78, 5) is 71.1. The van der Waals surface area contributed by atoms with Crippen LogP contribution in [0.25, 0.3) is 17.1 Å². The van der Waals surface area contributed by atoms with Crippen molar-refractivity contribution in [1.82, 2.24) is 54.7 Å². The number of alkyl carbamates (subject to hydrolysis) is 2. The molecule has 0 saturated heterocycles. The number of aryl methyl sites for hydroxylation is 3. The van der Waals surface area contributed by atoms with Crippen LogP contribution in [0.5, 0.6) is 0 Å². The van der Waals surface area contributed by atoms with E-state index in [4.69, 9.17) is 20.9 Å². The first kappa shape index (κ1) is 90.4. The lowest BCUT2D eigenvalue weighted by Gasteiger charge is -2.38. The molecule has 2 aliphatic rings. The molecule has 24 nitrogen and oxygen atoms in total. The minimum atomic E-state index is -1.49. The summed E-state index contributed by atoms with van der Waals surface area (Å²) >= 11 is 0. The number of hydrogen-bond acceptors (Lipinski definition) is 15. The first-order valence-corrected chi connectivity index (χ1v) is 38.1. The van der Waals surface area contributed by atoms with Crippen molar-refractivity contribution in [2.75, 3.05) is 10.6 Å². The van der Waals surface area contributed by atoms with Crippen LogP contribution in [0.3, 0.4) is 0 Å². The Labute approximate surface area is 675 Å². The van der Waals surface area contributed by atoms with Crippen molar-refractivity contribution in [3.05, 3.63) is 261 Å². The Bertz CT molecular complexity index is 4990. The van der Waals surface area contributed by atoms with E-state index in [0.29, 0.717) is 70.9 Å². The summed E-state index contributed by atoms with van der Waals surface area (Å²) in [6.45, 7) is 22.6. The number of pyridine rings is 2. The largest absolute Gasteiger partial charge is 0.477 e. The van der Waals surface area contributed by atoms with Crippen LogP contribution in [0.2, 0.25) is 0 Å². The molecule has 2 fully saturated rings. The molecule has 12 rings (SSSR count). The molecule has 114 heavy (non-hydrogen) atoms. The van der Waals surface area contributed by atoms with Crippen molar-refractivity contribution in [3.8, 4) is 17.1 Å². The van der Waals surface area contributed by atoms with Crippen LogP contribution in [0.4, 0.5) is 29.7 Å². The fourth-order valence-electron chi connectivity index (χ4n) is 12.4. The lowest BCUT2D eigenvalue weighted by atomic mass is 9.80. The third-order valence-electron chi connectivity index (χ3n) is 18.4. The Balaban J connectivity index is 0.000000248. The number of aromatic nitrogens is 8. The zero-order chi connectivity index (χ0) is 80.2. The van der Waals surface area contributed by atoms with Crippen LogP contribution < -0.4 is 37.5 Å². The Hall–Kier alpha value is -10.8. The van der Waals surface area contributed by atoms with Crippen LogP contribution in [0.1, 0.15) is 216 Å². The second kappa shape index (κ2) is 38.8. The second-order valence-corrected chi connectivity index (χ2v) is 33.0. The van der Waals surface area contributed by atoms with E-state index in [2.05, 4.69) is 51.3 Å². The van der Waals surface area contributed by atoms with Gasteiger partial charge >= 0.3 is 18.2 Å². The number of anilines is 2. The molecule has 2 unspecified atom stereocenters. The zero-order valence-corrected chi connectivity index (χ0v) is 66.8. The molecule has 3 atom stereocenters. The molecule has 608 valence electrons. The smallest absolute Gasteiger partial charge is 0.407 e. The fraction of sp³-hybridized carbons (Fsp3) is 0.372. The number of aromatic carboxylic acids is 1. The van der Waals surface area contributed by atoms with Gasteiger partial charge in [0.1, 0.15) is 34.2 Å². The molecule has 5 heterocycles. The number of carbonyl (C=O) groups is 5. The van der Waals surface area contributed by atoms with Gasteiger partial charge in [-0.1, -0.05) is 101 Å². The third-order valence-corrected chi connectivity index (χ3v) is 20.1. The fourth-order valence-corrected chi connectivity index (χ4v) is 13.4. The number of carboxylic acid groups (broad SMARTS) is 1. The number of hydrogen-bond donors (Lipinski definition) is 8. The Kier molecular flexibility index (Phi) is 30.7. The monoisotopic (exact) mass is 1600 g/mol. The third kappa shape index (κ3) is 24.3. The standard InChI is InChI=1S/C38H47FN6O4S.C29H31FN6O.C17H21N3O4.2CH4.ClH/c1-25-20-33(45(43-25)30-12-8-10-27(21-30)23-41-35(47)49-36(2,3)4)34(46)42-32-22-28(15-16-31(32)39)38(18-17-26-13-14-26,29-11-9-19-40-24-29)44-50(48)37(5,6)7;1-19-14-27(36(35-19)24-6-2-4-21(15-24)17-31)28(37)34-26-16-22(9-10-25(26)30)29(32,12-11-20-7-8-20)23-5-3-13-33-18-23;1-11-8-14(15(21)22)20(19-11)13-7-5-6-12(9-13)10-18-16(23)24-17(2,3)4;;;/h8-12,15-16,19-22,24,26,44H,13-14,17-18,23H2,1-7H3,(H,41,47)(H,42,46);2-6,9-10,13-16,18,20H,7-8,11-12,17,31-32H2,1H3,(H,34,37);5-9H,10H2,1-4H3,(H,18,23)(H,21,22);2*1H4;1H/t38?,50-;;;;;/m0...../s1. The number of nitrogens with zero attached hydrogens (tertiary/aromatic N) is 8. The highest BCUT2D eigenvalue weighted by molar-refractivity contribution is 7.84. The molecular formula is C86H108ClF2N15O9S. The van der Waals surface area contributed by atoms with Gasteiger partial charge in [0.2, 0.25) is 0 Å². The molecule has 2 aliphatic carbocycles. The summed E-state index contributed by atoms with van der Waals surface area (Å²) in [6.07, 6.45) is 13.7. The molecule has 0 aliphatic heterocycles. The summed E-state index contributed by atoms with van der Waals surface area (Å²) in [6, 6.07) is 43.6. The van der Waals surface area contributed by atoms with Crippen molar-refractivity contribution in [2.24, 2.45) is 23.3 Å². The van der Waals surface area contributed by atoms with Gasteiger partial charge in [-0.05, 0) is 251 Å². The van der Waals surface area contributed by atoms with E-state index in [1.807, 2.05) is 87.5 Å². The highest BCUT2D eigenvalue weighted by Crippen LogP contribution is 2.44. The summed E-state index contributed by atoms with van der Waals surface area (Å²) in [5.41, 5.74) is 19.7. The van der Waals surface area contributed by atoms with Crippen LogP contribution in [0, 0.1) is 44.2 Å². The van der Waals surface area contributed by atoms with Gasteiger partial charge in [-0.25, -0.2) is 46.1 Å². The molecule has 4 amide bonds. The number of ether oxygens (including phenoxy) is 2. The first-order valence-electron chi connectivity index (χ1n) is 36.9. The van der Waals surface area contributed by atoms with E-state index in [0.717, 1.165) is 59.1 Å². The van der Waals surface area contributed by atoms with E-state index in [1.165, 1.54) is 40.4 Å². The number of halogens is 3. The predicted molar refractivity (Wildman–Crippen MR) is 444 cm³/mol. The molecular weight excluding hydrogens is 1490 g/mol. The van der Waals surface area contributed by atoms with Crippen molar-refractivity contribution >= 4 is 64.7 Å². The molecule has 28 heteroatoms. The van der Waals surface area contributed by atoms with Crippen molar-refractivity contribution < 1.29 is 51.5 Å². The molecule has 0 bridgehead atoms. The summed E-state index contributed by atoms with van der Waals surface area (Å²) in [5, 5.41) is 33.4. The average Bonchev–Trinajstić information content (AvgIpc) is 1.19. The molecule has 5 aromatic carbocycles. The van der Waals surface area contributed by atoms with Gasteiger partial charge in [-0.2, -0.15) is 15.3 Å². The number of benzene rings is 5. The Morgan fingerprint density at radius 1 is 0.526 bits per heavy atom. The van der Waals surface area contributed by atoms with E-state index in [9.17, 15) is 37.7 Å². The van der Waals surface area contributed by atoms with Crippen molar-refractivity contribution in [1.29, 1.82) is 0 Å². The molecule has 0 radical (unpaired) electrons. The molecule has 10 aromatic rings. The van der Waals surface area contributed by atoms with Crippen LogP contribution in [-0.2, 0) is 51.2 Å². The predicted octanol–water partition coefficient (Wildman–Crippen LogP) is 16.9. The summed E-state index contributed by atoms with van der Waals surface area (Å²) < 4.78 is 62.1. The van der Waals surface area contributed by atoms with Crippen LogP contribution in [0.15, 0.2) is 176 Å². The minimum Gasteiger partial charge on any atom is -0.477 e. The SMILES string of the molecule is C.C.Cc1cc(C(=O)Nc2cc(C(CCC3CC3)(N[S@@](=O)C(C)(C)C)c3cccnc3)ccc2F)n(-c2cccc(CNC(=O)OC(C)(C)C)c2)n1.Cc1cc(C(=O)Nc2cc(C(N)(CCC3CC3)c3cccnc3)ccc2F)n(-c2cccc(CN)c2)n1.Cc1cc(C(=O)O)n(-c2cccc(CNC(=O)OC(C)(C)C)c2)n1.Cl. The van der Waals surface area contributed by atoms with E-state index in [1.54, 1.807) is 159 Å². The summed E-state index contributed by atoms with van der Waals surface area (Å²) in [7, 11) is -1.49. The van der Waals surface area contributed by atoms with Gasteiger partial charge in [0.05, 0.1) is 72.3 Å². The van der Waals surface area contributed by atoms with E-state index < -0.39 is 79.6 Å². The van der Waals surface area contributed by atoms with Gasteiger partial charge in [0.15, 0.2) is 5.69 Å². The second-order valence-electron chi connectivity index (χ2n) is 31.1. The van der Waals surface area contributed by atoms with Crippen LogP contribution >= 0.6 is 12.4 Å². The maximum Gasteiger partial charge on any atom is 0.407 e. The minimum absolute atomic E-state index is 0. The highest BCUT2D eigenvalue weighted by atomic mass is 35.5. The maximum atomic E-state index is 15.6. The number of carboxylic acids is 1. The van der Waals surface area contributed by atoms with Crippen molar-refractivity contribution in [2.45, 2.75) is 196 Å². The highest BCUT2D eigenvalue weighted by Gasteiger charge is 2.41. The number of rotatable bonds is 25. The van der Waals surface area contributed by atoms with E-state index in [-0.39, 0.29) is 68.8 Å². The van der Waals surface area contributed by atoms with Gasteiger partial charge < -0.3 is 47.3 Å². The quantitative estimate of drug-likeness (QED) is 0.0264. The van der Waals surface area contributed by atoms with Gasteiger partial charge in [-0.15, -0.1) is 12.4 Å². The number of nitrogens with one attached hydrogen (secondary N) is 5. The Morgan fingerprint density at radius 2 is 0.930 bits per heavy atom. The van der Waals surface area contributed by atoms with Crippen LogP contribution in [-0.4, -0.2) is 94.5 Å². The average molecular weight is 1600 g/mol. The number of carbonyl (C=O) groups excluding carboxylic acids is 4. The molecule has 5 aromatic heterocycles. The van der Waals surface area contributed by atoms with Gasteiger partial charge in [-0.3, -0.25) is 19.6 Å². The molecule has 2 saturated carbocycles. The molecule has 0 spiro atoms. The normalized spacial score (nSPS) is 13.8. The first-order chi connectivity index (χ1) is 52.6. The molecule has 10 N–H and O–H groups in total. The Morgan fingerprint density at radius 3 is 1.34 bits per heavy atom.